The number of hydrogen-bond donors (Lipinski definition) is 0. The van der Waals surface area contributed by atoms with Crippen molar-refractivity contribution in [2.45, 2.75) is 69.5 Å². The van der Waals surface area contributed by atoms with Crippen molar-refractivity contribution in [1.82, 2.24) is 9.55 Å². The average Bonchev–Trinajstić information content (AvgIpc) is 3.46. The Labute approximate surface area is 159 Å². The zero-order chi connectivity index (χ0) is 19.2. The lowest BCUT2D eigenvalue weighted by molar-refractivity contribution is -0.117. The topological polar surface area (TPSA) is 78.4 Å². The van der Waals surface area contributed by atoms with E-state index in [0.29, 0.717) is 13.0 Å². The molecule has 1 aliphatic carbocycles. The number of ether oxygens (including phenoxy) is 4. The molecule has 3 heterocycles. The van der Waals surface area contributed by atoms with Crippen LogP contribution < -0.4 is 0 Å². The zero-order valence-electron chi connectivity index (χ0n) is 16.4. The van der Waals surface area contributed by atoms with Crippen LogP contribution in [0.1, 0.15) is 40.0 Å². The summed E-state index contributed by atoms with van der Waals surface area (Å²) in [4.78, 5) is 16.3. The van der Waals surface area contributed by atoms with E-state index in [9.17, 15) is 4.79 Å². The maximum Gasteiger partial charge on any atom is 0.419 e. The van der Waals surface area contributed by atoms with Crippen molar-refractivity contribution in [3.05, 3.63) is 30.4 Å². The highest BCUT2D eigenvalue weighted by Crippen LogP contribution is 2.59. The fraction of sp³-hybridized carbons (Fsp3) is 0.700. The molecule has 0 radical (unpaired) electrons. The summed E-state index contributed by atoms with van der Waals surface area (Å²) < 4.78 is 25.1. The SMILES string of the molecule is COC1C(OC(=O)n2ccnc2)CCC2(CO2)C1C1(C)OC1CC=C(C)C. The molecule has 1 aromatic rings. The number of carbonyl (C=O) groups excluding carboxylic acids is 1. The molecule has 0 N–H and O–H groups in total. The Morgan fingerprint density at radius 1 is 1.44 bits per heavy atom. The molecule has 1 spiro atoms. The smallest absolute Gasteiger partial charge is 0.419 e. The molecule has 1 saturated carbocycles. The fourth-order valence-electron chi connectivity index (χ4n) is 4.63. The minimum atomic E-state index is -0.436. The van der Waals surface area contributed by atoms with Gasteiger partial charge in [0.1, 0.15) is 29.7 Å². The average molecular weight is 376 g/mol. The molecular formula is C20H28N2O5. The molecule has 3 aliphatic rings. The van der Waals surface area contributed by atoms with Gasteiger partial charge in [0, 0.05) is 19.5 Å². The molecule has 6 atom stereocenters. The third kappa shape index (κ3) is 3.32. The second-order valence-electron chi connectivity index (χ2n) is 8.27. The van der Waals surface area contributed by atoms with Crippen molar-refractivity contribution in [1.29, 1.82) is 0 Å². The van der Waals surface area contributed by atoms with Crippen molar-refractivity contribution in [3.8, 4) is 0 Å². The van der Waals surface area contributed by atoms with E-state index >= 15 is 0 Å². The summed E-state index contributed by atoms with van der Waals surface area (Å²) in [7, 11) is 1.67. The Bertz CT molecular complexity index is 723. The second-order valence-corrected chi connectivity index (χ2v) is 8.27. The number of methoxy groups -OCH3 is 1. The van der Waals surface area contributed by atoms with E-state index < -0.39 is 6.09 Å². The van der Waals surface area contributed by atoms with Crippen LogP contribution in [-0.2, 0) is 18.9 Å². The molecule has 27 heavy (non-hydrogen) atoms. The highest BCUT2D eigenvalue weighted by molar-refractivity contribution is 5.70. The van der Waals surface area contributed by atoms with Crippen LogP contribution in [0.3, 0.4) is 0 Å². The van der Waals surface area contributed by atoms with Crippen LogP contribution in [0.4, 0.5) is 4.79 Å². The number of imidazole rings is 1. The van der Waals surface area contributed by atoms with Gasteiger partial charge in [0.05, 0.1) is 18.6 Å². The lowest BCUT2D eigenvalue weighted by atomic mass is 9.68. The van der Waals surface area contributed by atoms with Gasteiger partial charge in [0.2, 0.25) is 0 Å². The van der Waals surface area contributed by atoms with Gasteiger partial charge in [-0.1, -0.05) is 11.6 Å². The molecule has 3 fully saturated rings. The summed E-state index contributed by atoms with van der Waals surface area (Å²) in [6.07, 6.45) is 8.31. The first kappa shape index (κ1) is 18.7. The highest BCUT2D eigenvalue weighted by Gasteiger charge is 2.72. The number of carbonyl (C=O) groups is 1. The summed E-state index contributed by atoms with van der Waals surface area (Å²) in [6, 6.07) is 0. The van der Waals surface area contributed by atoms with Crippen molar-refractivity contribution in [2.24, 2.45) is 5.92 Å². The first-order chi connectivity index (χ1) is 12.9. The quantitative estimate of drug-likeness (QED) is 0.581. The van der Waals surface area contributed by atoms with Crippen LogP contribution in [0.5, 0.6) is 0 Å². The Balaban J connectivity index is 1.52. The molecule has 4 rings (SSSR count). The summed E-state index contributed by atoms with van der Waals surface area (Å²) in [5.74, 6) is 0.0277. The van der Waals surface area contributed by atoms with Crippen molar-refractivity contribution >= 4 is 6.09 Å². The van der Waals surface area contributed by atoms with Crippen LogP contribution in [-0.4, -0.2) is 58.9 Å². The van der Waals surface area contributed by atoms with Gasteiger partial charge in [-0.2, -0.15) is 0 Å². The molecule has 0 bridgehead atoms. The molecule has 7 nitrogen and oxygen atoms in total. The Morgan fingerprint density at radius 3 is 2.81 bits per heavy atom. The normalized spacial score (nSPS) is 39.9. The number of hydrogen-bond acceptors (Lipinski definition) is 6. The molecule has 2 aliphatic heterocycles. The van der Waals surface area contributed by atoms with E-state index in [4.69, 9.17) is 18.9 Å². The van der Waals surface area contributed by atoms with Crippen molar-refractivity contribution in [3.63, 3.8) is 0 Å². The Morgan fingerprint density at radius 2 is 2.22 bits per heavy atom. The van der Waals surface area contributed by atoms with Crippen molar-refractivity contribution in [2.75, 3.05) is 13.7 Å². The second kappa shape index (κ2) is 6.72. The van der Waals surface area contributed by atoms with Crippen LogP contribution in [0.25, 0.3) is 0 Å². The number of allylic oxidation sites excluding steroid dienone is 1. The van der Waals surface area contributed by atoms with Gasteiger partial charge in [0.15, 0.2) is 0 Å². The summed E-state index contributed by atoms with van der Waals surface area (Å²) in [5, 5.41) is 0. The van der Waals surface area contributed by atoms with Gasteiger partial charge in [-0.05, 0) is 40.0 Å². The maximum atomic E-state index is 12.4. The zero-order valence-corrected chi connectivity index (χ0v) is 16.4. The fourth-order valence-corrected chi connectivity index (χ4v) is 4.63. The third-order valence-electron chi connectivity index (χ3n) is 6.20. The van der Waals surface area contributed by atoms with E-state index in [2.05, 4.69) is 31.8 Å². The van der Waals surface area contributed by atoms with Crippen LogP contribution in [0.2, 0.25) is 0 Å². The summed E-state index contributed by atoms with van der Waals surface area (Å²) in [6.45, 7) is 7.04. The van der Waals surface area contributed by atoms with E-state index in [0.717, 1.165) is 12.8 Å². The number of epoxide rings is 2. The lowest BCUT2D eigenvalue weighted by Gasteiger charge is -2.42. The van der Waals surface area contributed by atoms with E-state index in [1.165, 1.54) is 16.5 Å². The molecule has 0 amide bonds. The van der Waals surface area contributed by atoms with Gasteiger partial charge in [-0.3, -0.25) is 0 Å². The van der Waals surface area contributed by atoms with Gasteiger partial charge < -0.3 is 18.9 Å². The third-order valence-corrected chi connectivity index (χ3v) is 6.20. The minimum Gasteiger partial charge on any atom is -0.443 e. The molecule has 148 valence electrons. The number of aromatic nitrogens is 2. The molecule has 6 unspecified atom stereocenters. The lowest BCUT2D eigenvalue weighted by Crippen LogP contribution is -2.55. The van der Waals surface area contributed by atoms with Crippen LogP contribution in [0.15, 0.2) is 30.4 Å². The summed E-state index contributed by atoms with van der Waals surface area (Å²) >= 11 is 0. The molecule has 0 aromatic carbocycles. The predicted octanol–water partition coefficient (Wildman–Crippen LogP) is 2.94. The van der Waals surface area contributed by atoms with Crippen molar-refractivity contribution < 1.29 is 23.7 Å². The van der Waals surface area contributed by atoms with E-state index in [1.54, 1.807) is 19.5 Å². The van der Waals surface area contributed by atoms with Crippen LogP contribution >= 0.6 is 0 Å². The van der Waals surface area contributed by atoms with Gasteiger partial charge in [-0.25, -0.2) is 14.3 Å². The standard InChI is InChI=1S/C20H28N2O5/c1-13(2)5-6-15-19(3,27-15)17-16(24-4)14(7-8-20(17)11-25-20)26-18(23)22-10-9-21-12-22/h5,9-10,12,14-17H,6-8,11H2,1-4H3. The summed E-state index contributed by atoms with van der Waals surface area (Å²) in [5.41, 5.74) is 0.736. The van der Waals surface area contributed by atoms with E-state index in [-0.39, 0.29) is 35.4 Å². The van der Waals surface area contributed by atoms with Gasteiger partial charge in [-0.15, -0.1) is 0 Å². The van der Waals surface area contributed by atoms with Crippen LogP contribution in [0, 0.1) is 5.92 Å². The highest BCUT2D eigenvalue weighted by atomic mass is 16.6. The monoisotopic (exact) mass is 376 g/mol. The Kier molecular flexibility index (Phi) is 4.64. The molecule has 1 aromatic heterocycles. The molecular weight excluding hydrogens is 348 g/mol. The predicted molar refractivity (Wildman–Crippen MR) is 97.4 cm³/mol. The first-order valence-electron chi connectivity index (χ1n) is 9.56. The Hall–Kier alpha value is -1.70. The first-order valence-corrected chi connectivity index (χ1v) is 9.56. The molecule has 7 heteroatoms. The molecule has 2 saturated heterocycles. The number of nitrogens with zero attached hydrogens (tertiary/aromatic N) is 2. The number of rotatable bonds is 5. The minimum absolute atomic E-state index is 0.0277. The van der Waals surface area contributed by atoms with Gasteiger partial charge in [0.25, 0.3) is 0 Å². The van der Waals surface area contributed by atoms with E-state index in [1.807, 2.05) is 0 Å². The largest absolute Gasteiger partial charge is 0.443 e. The van der Waals surface area contributed by atoms with Gasteiger partial charge >= 0.3 is 6.09 Å². The maximum absolute atomic E-state index is 12.4.